The first-order chi connectivity index (χ1) is 8.29. The predicted molar refractivity (Wildman–Crippen MR) is 71.9 cm³/mol. The average molecular weight is 243 g/mol. The lowest BCUT2D eigenvalue weighted by molar-refractivity contribution is 0.974. The molecule has 0 unspecified atom stereocenters. The third kappa shape index (κ3) is 1.66. The maximum absolute atomic E-state index is 5.62. The van der Waals surface area contributed by atoms with E-state index in [1.54, 1.807) is 0 Å². The van der Waals surface area contributed by atoms with Crippen molar-refractivity contribution in [1.29, 1.82) is 0 Å². The second kappa shape index (κ2) is 3.98. The summed E-state index contributed by atoms with van der Waals surface area (Å²) in [5, 5.41) is 1.24. The van der Waals surface area contributed by atoms with Crippen molar-refractivity contribution in [2.75, 3.05) is 0 Å². The Morgan fingerprint density at radius 1 is 1.29 bits per heavy atom. The van der Waals surface area contributed by atoms with Gasteiger partial charge >= 0.3 is 0 Å². The van der Waals surface area contributed by atoms with Gasteiger partial charge in [0.2, 0.25) is 0 Å². The Kier molecular flexibility index (Phi) is 2.46. The molecule has 3 rings (SSSR count). The highest BCUT2D eigenvalue weighted by Gasteiger charge is 2.10. The molecule has 2 heterocycles. The van der Waals surface area contributed by atoms with Crippen LogP contribution < -0.4 is 5.73 Å². The molecule has 86 valence electrons. The number of benzene rings is 1. The Labute approximate surface area is 104 Å². The number of aryl methyl sites for hydroxylation is 1. The predicted octanol–water partition coefficient (Wildman–Crippen LogP) is 2.76. The molecule has 2 aromatic heterocycles. The molecule has 0 aliphatic rings. The lowest BCUT2D eigenvalue weighted by Gasteiger charge is -2.00. The molecule has 0 bridgehead atoms. The van der Waals surface area contributed by atoms with Gasteiger partial charge in [0, 0.05) is 29.4 Å². The first-order valence-electron chi connectivity index (χ1n) is 5.50. The Balaban J connectivity index is 2.20. The van der Waals surface area contributed by atoms with E-state index in [-0.39, 0.29) is 0 Å². The van der Waals surface area contributed by atoms with Crippen LogP contribution in [0, 0.1) is 0 Å². The van der Waals surface area contributed by atoms with Crippen LogP contribution in [-0.2, 0) is 13.6 Å². The van der Waals surface area contributed by atoms with Gasteiger partial charge in [-0.1, -0.05) is 18.2 Å². The highest BCUT2D eigenvalue weighted by Crippen LogP contribution is 2.27. The Hall–Kier alpha value is -1.65. The lowest BCUT2D eigenvalue weighted by Crippen LogP contribution is -1.92. The molecule has 0 saturated carbocycles. The normalized spacial score (nSPS) is 11.2. The van der Waals surface area contributed by atoms with Crippen LogP contribution in [0.2, 0.25) is 0 Å². The topological polar surface area (TPSA) is 43.8 Å². The van der Waals surface area contributed by atoms with Gasteiger partial charge in [0.25, 0.3) is 0 Å². The third-order valence-corrected chi connectivity index (χ3v) is 3.78. The highest BCUT2D eigenvalue weighted by molar-refractivity contribution is 7.06. The summed E-state index contributed by atoms with van der Waals surface area (Å²) in [6.45, 7) is 0.557. The van der Waals surface area contributed by atoms with E-state index in [4.69, 9.17) is 5.73 Å². The van der Waals surface area contributed by atoms with E-state index < -0.39 is 0 Å². The second-order valence-electron chi connectivity index (χ2n) is 4.03. The number of fused-ring (bicyclic) bond motifs is 1. The minimum absolute atomic E-state index is 0.557. The van der Waals surface area contributed by atoms with Gasteiger partial charge < -0.3 is 10.3 Å². The molecule has 0 atom stereocenters. The van der Waals surface area contributed by atoms with Crippen molar-refractivity contribution in [3.05, 3.63) is 41.3 Å². The van der Waals surface area contributed by atoms with E-state index in [0.29, 0.717) is 6.54 Å². The second-order valence-corrected chi connectivity index (χ2v) is 4.92. The maximum Gasteiger partial charge on any atom is 0.101 e. The number of aromatic nitrogens is 2. The van der Waals surface area contributed by atoms with Crippen LogP contribution in [-0.4, -0.2) is 8.94 Å². The van der Waals surface area contributed by atoms with Crippen LogP contribution in [0.3, 0.4) is 0 Å². The fourth-order valence-corrected chi connectivity index (χ4v) is 2.67. The quantitative estimate of drug-likeness (QED) is 0.752. The average Bonchev–Trinajstić information content (AvgIpc) is 2.95. The molecule has 0 radical (unpaired) electrons. The molecule has 0 saturated heterocycles. The summed E-state index contributed by atoms with van der Waals surface area (Å²) in [6, 6.07) is 12.6. The fourth-order valence-electron chi connectivity index (χ4n) is 2.06. The fraction of sp³-hybridized carbons (Fsp3) is 0.154. The Bertz CT molecular complexity index is 666. The van der Waals surface area contributed by atoms with E-state index in [0.717, 1.165) is 16.3 Å². The van der Waals surface area contributed by atoms with Gasteiger partial charge in [-0.25, -0.2) is 0 Å². The van der Waals surface area contributed by atoms with Crippen LogP contribution >= 0.6 is 11.5 Å². The SMILES string of the molecule is Cn1c(-c2cc(CN)sn2)cc2ccccc21. The molecule has 3 aromatic rings. The summed E-state index contributed by atoms with van der Waals surface area (Å²) in [6.07, 6.45) is 0. The van der Waals surface area contributed by atoms with Crippen molar-refractivity contribution < 1.29 is 0 Å². The minimum atomic E-state index is 0.557. The third-order valence-electron chi connectivity index (χ3n) is 2.97. The standard InChI is InChI=1S/C13H13N3S/c1-16-12-5-3-2-4-9(12)6-13(16)11-7-10(8-14)17-15-11/h2-7H,8,14H2,1H3. The van der Waals surface area contributed by atoms with Gasteiger partial charge in [-0.05, 0) is 29.7 Å². The zero-order valence-corrected chi connectivity index (χ0v) is 10.4. The lowest BCUT2D eigenvalue weighted by atomic mass is 10.2. The smallest absolute Gasteiger partial charge is 0.101 e. The number of nitrogens with two attached hydrogens (primary N) is 1. The highest BCUT2D eigenvalue weighted by atomic mass is 32.1. The Morgan fingerprint density at radius 2 is 2.12 bits per heavy atom. The summed E-state index contributed by atoms with van der Waals surface area (Å²) in [5.41, 5.74) is 8.99. The van der Waals surface area contributed by atoms with Crippen molar-refractivity contribution in [3.8, 4) is 11.4 Å². The summed E-state index contributed by atoms with van der Waals surface area (Å²) < 4.78 is 6.63. The number of nitrogens with zero attached hydrogens (tertiary/aromatic N) is 2. The molecule has 1 aromatic carbocycles. The Morgan fingerprint density at radius 3 is 2.82 bits per heavy atom. The first-order valence-corrected chi connectivity index (χ1v) is 6.27. The maximum atomic E-state index is 5.62. The van der Waals surface area contributed by atoms with Crippen molar-refractivity contribution in [2.24, 2.45) is 12.8 Å². The van der Waals surface area contributed by atoms with Crippen molar-refractivity contribution >= 4 is 22.4 Å². The molecular formula is C13H13N3S. The molecule has 0 aliphatic heterocycles. The molecule has 0 aliphatic carbocycles. The van der Waals surface area contributed by atoms with Crippen LogP contribution in [0.1, 0.15) is 4.88 Å². The van der Waals surface area contributed by atoms with Gasteiger partial charge in [-0.2, -0.15) is 4.37 Å². The van der Waals surface area contributed by atoms with Gasteiger partial charge in [0.15, 0.2) is 0 Å². The minimum Gasteiger partial charge on any atom is -0.342 e. The molecule has 0 fully saturated rings. The molecule has 4 heteroatoms. The van der Waals surface area contributed by atoms with Crippen LogP contribution in [0.15, 0.2) is 36.4 Å². The van der Waals surface area contributed by atoms with Crippen LogP contribution in [0.4, 0.5) is 0 Å². The zero-order chi connectivity index (χ0) is 11.8. The summed E-state index contributed by atoms with van der Waals surface area (Å²) in [4.78, 5) is 1.12. The summed E-state index contributed by atoms with van der Waals surface area (Å²) >= 11 is 1.47. The van der Waals surface area contributed by atoms with Crippen LogP contribution in [0.5, 0.6) is 0 Å². The molecule has 0 spiro atoms. The van der Waals surface area contributed by atoms with Crippen LogP contribution in [0.25, 0.3) is 22.3 Å². The zero-order valence-electron chi connectivity index (χ0n) is 9.55. The molecule has 3 nitrogen and oxygen atoms in total. The van der Waals surface area contributed by atoms with Gasteiger partial charge in [-0.15, -0.1) is 0 Å². The molecular weight excluding hydrogens is 230 g/mol. The summed E-state index contributed by atoms with van der Waals surface area (Å²) in [5.74, 6) is 0. The van der Waals surface area contributed by atoms with Crippen molar-refractivity contribution in [3.63, 3.8) is 0 Å². The van der Waals surface area contributed by atoms with Gasteiger partial charge in [-0.3, -0.25) is 0 Å². The molecule has 0 amide bonds. The van der Waals surface area contributed by atoms with Gasteiger partial charge in [0.05, 0.1) is 5.69 Å². The van der Waals surface area contributed by atoms with E-state index in [9.17, 15) is 0 Å². The number of para-hydroxylation sites is 1. The van der Waals surface area contributed by atoms with E-state index in [1.807, 2.05) is 0 Å². The number of hydrogen-bond donors (Lipinski definition) is 1. The van der Waals surface area contributed by atoms with Crippen molar-refractivity contribution in [1.82, 2.24) is 8.94 Å². The number of rotatable bonds is 2. The van der Waals surface area contributed by atoms with E-state index in [2.05, 4.69) is 52.4 Å². The van der Waals surface area contributed by atoms with Crippen molar-refractivity contribution in [2.45, 2.75) is 6.54 Å². The largest absolute Gasteiger partial charge is 0.342 e. The van der Waals surface area contributed by atoms with Gasteiger partial charge in [0.1, 0.15) is 5.69 Å². The molecule has 17 heavy (non-hydrogen) atoms. The van der Waals surface area contributed by atoms with E-state index in [1.165, 1.54) is 22.4 Å². The monoisotopic (exact) mass is 243 g/mol. The van der Waals surface area contributed by atoms with E-state index >= 15 is 0 Å². The first kappa shape index (κ1) is 10.5. The molecule has 2 N–H and O–H groups in total. The summed E-state index contributed by atoms with van der Waals surface area (Å²) in [7, 11) is 2.07. The number of hydrogen-bond acceptors (Lipinski definition) is 3.